The Hall–Kier alpha value is -1.49. The van der Waals surface area contributed by atoms with Crippen molar-refractivity contribution in [3.63, 3.8) is 0 Å². The zero-order chi connectivity index (χ0) is 16.1. The molecule has 1 aliphatic heterocycles. The summed E-state index contributed by atoms with van der Waals surface area (Å²) in [7, 11) is 0. The van der Waals surface area contributed by atoms with Crippen molar-refractivity contribution in [1.29, 1.82) is 0 Å². The lowest BCUT2D eigenvalue weighted by Gasteiger charge is -2.33. The Morgan fingerprint density at radius 3 is 2.35 bits per heavy atom. The maximum Gasteiger partial charge on any atom is 0.180 e. The van der Waals surface area contributed by atoms with Gasteiger partial charge in [0.2, 0.25) is 0 Å². The largest absolute Gasteiger partial charge is 0.379 e. The molecule has 23 heavy (non-hydrogen) atoms. The highest BCUT2D eigenvalue weighted by Gasteiger charge is 2.28. The number of benzene rings is 2. The fourth-order valence-electron chi connectivity index (χ4n) is 2.92. The number of morpholine rings is 1. The molecule has 2 aromatic rings. The van der Waals surface area contributed by atoms with Gasteiger partial charge in [-0.05, 0) is 24.1 Å². The van der Waals surface area contributed by atoms with Gasteiger partial charge in [0.05, 0.1) is 19.3 Å². The van der Waals surface area contributed by atoms with Crippen LogP contribution in [0.15, 0.2) is 59.1 Å². The molecule has 1 saturated heterocycles. The Kier molecular flexibility index (Phi) is 5.60. The molecule has 2 aromatic carbocycles. The first-order valence-electron chi connectivity index (χ1n) is 7.89. The number of halogens is 1. The van der Waals surface area contributed by atoms with Crippen LogP contribution in [0.3, 0.4) is 0 Å². The van der Waals surface area contributed by atoms with Crippen LogP contribution in [0.5, 0.6) is 0 Å². The van der Waals surface area contributed by atoms with Crippen LogP contribution in [-0.2, 0) is 11.2 Å². The molecule has 0 aromatic heterocycles. The Labute approximate surface area is 145 Å². The van der Waals surface area contributed by atoms with Crippen LogP contribution < -0.4 is 0 Å². The van der Waals surface area contributed by atoms with Gasteiger partial charge in [0.1, 0.15) is 0 Å². The van der Waals surface area contributed by atoms with Crippen molar-refractivity contribution in [3.8, 4) is 0 Å². The van der Waals surface area contributed by atoms with Crippen LogP contribution in [0.2, 0.25) is 0 Å². The summed E-state index contributed by atoms with van der Waals surface area (Å²) in [6.07, 6.45) is 0.732. The van der Waals surface area contributed by atoms with E-state index in [4.69, 9.17) is 4.74 Å². The lowest BCUT2D eigenvalue weighted by Crippen LogP contribution is -2.48. The molecule has 0 spiro atoms. The second kappa shape index (κ2) is 7.86. The number of nitrogens with zero attached hydrogens (tertiary/aromatic N) is 1. The zero-order valence-electron chi connectivity index (χ0n) is 13.0. The van der Waals surface area contributed by atoms with Gasteiger partial charge in [0.25, 0.3) is 0 Å². The Bertz CT molecular complexity index is 636. The van der Waals surface area contributed by atoms with Crippen molar-refractivity contribution in [1.82, 2.24) is 4.90 Å². The van der Waals surface area contributed by atoms with Crippen molar-refractivity contribution in [2.45, 2.75) is 12.5 Å². The zero-order valence-corrected chi connectivity index (χ0v) is 14.5. The molecule has 1 heterocycles. The summed E-state index contributed by atoms with van der Waals surface area (Å²) in [6, 6.07) is 17.7. The minimum atomic E-state index is -0.137. The maximum absolute atomic E-state index is 13.1. The Morgan fingerprint density at radius 2 is 1.70 bits per heavy atom. The van der Waals surface area contributed by atoms with Gasteiger partial charge in [0.15, 0.2) is 5.78 Å². The molecule has 1 atom stereocenters. The highest BCUT2D eigenvalue weighted by molar-refractivity contribution is 9.10. The smallest absolute Gasteiger partial charge is 0.180 e. The second-order valence-corrected chi connectivity index (χ2v) is 6.64. The summed E-state index contributed by atoms with van der Waals surface area (Å²) in [5.74, 6) is 0.184. The number of ether oxygens (including phenoxy) is 1. The molecule has 0 radical (unpaired) electrons. The number of hydrogen-bond acceptors (Lipinski definition) is 3. The van der Waals surface area contributed by atoms with Crippen molar-refractivity contribution in [2.24, 2.45) is 0 Å². The van der Waals surface area contributed by atoms with E-state index in [-0.39, 0.29) is 11.8 Å². The van der Waals surface area contributed by atoms with Crippen LogP contribution in [0, 0.1) is 0 Å². The Balaban J connectivity index is 1.84. The van der Waals surface area contributed by atoms with Gasteiger partial charge in [-0.25, -0.2) is 0 Å². The molecule has 3 rings (SSSR count). The summed E-state index contributed by atoms with van der Waals surface area (Å²) >= 11 is 3.42. The minimum Gasteiger partial charge on any atom is -0.379 e. The van der Waals surface area contributed by atoms with Gasteiger partial charge in [-0.1, -0.05) is 58.4 Å². The molecule has 0 aliphatic carbocycles. The molecular formula is C19H20BrNO2. The molecule has 0 N–H and O–H groups in total. The van der Waals surface area contributed by atoms with E-state index < -0.39 is 0 Å². The highest BCUT2D eigenvalue weighted by Crippen LogP contribution is 2.18. The van der Waals surface area contributed by atoms with E-state index in [2.05, 4.69) is 33.0 Å². The van der Waals surface area contributed by atoms with Crippen LogP contribution in [0.1, 0.15) is 15.9 Å². The quantitative estimate of drug-likeness (QED) is 0.750. The number of carbonyl (C=O) groups excluding carboxylic acids is 1. The summed E-state index contributed by atoms with van der Waals surface area (Å²) in [5, 5.41) is 0. The maximum atomic E-state index is 13.1. The van der Waals surface area contributed by atoms with Crippen LogP contribution in [0.4, 0.5) is 0 Å². The molecule has 0 bridgehead atoms. The van der Waals surface area contributed by atoms with Gasteiger partial charge >= 0.3 is 0 Å². The first-order valence-corrected chi connectivity index (χ1v) is 8.69. The third-order valence-corrected chi connectivity index (χ3v) is 4.72. The SMILES string of the molecule is O=C(c1ccc(Br)cc1)[C@H](Cc1ccccc1)N1CCOCC1. The summed E-state index contributed by atoms with van der Waals surface area (Å²) in [6.45, 7) is 3.00. The topological polar surface area (TPSA) is 29.5 Å². The standard InChI is InChI=1S/C19H20BrNO2/c20-17-8-6-16(7-9-17)19(22)18(21-10-12-23-13-11-21)14-15-4-2-1-3-5-15/h1-9,18H,10-14H2/t18-/m0/s1. The lowest BCUT2D eigenvalue weighted by molar-refractivity contribution is 0.0177. The first-order chi connectivity index (χ1) is 11.2. The fourth-order valence-corrected chi connectivity index (χ4v) is 3.18. The number of rotatable bonds is 5. The van der Waals surface area contributed by atoms with Crippen LogP contribution in [-0.4, -0.2) is 43.0 Å². The van der Waals surface area contributed by atoms with E-state index in [1.165, 1.54) is 5.56 Å². The monoisotopic (exact) mass is 373 g/mol. The minimum absolute atomic E-state index is 0.137. The second-order valence-electron chi connectivity index (χ2n) is 5.73. The molecule has 0 saturated carbocycles. The third kappa shape index (κ3) is 4.28. The third-order valence-electron chi connectivity index (χ3n) is 4.19. The predicted molar refractivity (Wildman–Crippen MR) is 94.8 cm³/mol. The van der Waals surface area contributed by atoms with Crippen LogP contribution >= 0.6 is 15.9 Å². The summed E-state index contributed by atoms with van der Waals surface area (Å²) < 4.78 is 6.43. The molecule has 1 aliphatic rings. The number of carbonyl (C=O) groups is 1. The first kappa shape index (κ1) is 16.4. The molecule has 4 heteroatoms. The number of hydrogen-bond donors (Lipinski definition) is 0. The normalized spacial score (nSPS) is 16.9. The van der Waals surface area contributed by atoms with Crippen molar-refractivity contribution in [3.05, 3.63) is 70.2 Å². The van der Waals surface area contributed by atoms with E-state index >= 15 is 0 Å². The van der Waals surface area contributed by atoms with Gasteiger partial charge in [-0.3, -0.25) is 9.69 Å². The van der Waals surface area contributed by atoms with E-state index in [9.17, 15) is 4.79 Å². The van der Waals surface area contributed by atoms with Crippen molar-refractivity contribution in [2.75, 3.05) is 26.3 Å². The molecule has 0 unspecified atom stereocenters. The highest BCUT2D eigenvalue weighted by atomic mass is 79.9. The average molecular weight is 374 g/mol. The lowest BCUT2D eigenvalue weighted by atomic mass is 9.96. The van der Waals surface area contributed by atoms with Crippen molar-refractivity contribution >= 4 is 21.7 Å². The number of ketones is 1. The van der Waals surface area contributed by atoms with E-state index in [1.54, 1.807) is 0 Å². The van der Waals surface area contributed by atoms with E-state index in [0.717, 1.165) is 29.5 Å². The number of Topliss-reactive ketones (excluding diaryl/α,β-unsaturated/α-hetero) is 1. The molecular weight excluding hydrogens is 354 g/mol. The average Bonchev–Trinajstić information content (AvgIpc) is 2.61. The molecule has 1 fully saturated rings. The van der Waals surface area contributed by atoms with Crippen LogP contribution in [0.25, 0.3) is 0 Å². The predicted octanol–water partition coefficient (Wildman–Crippen LogP) is 3.58. The molecule has 120 valence electrons. The fraction of sp³-hybridized carbons (Fsp3) is 0.316. The van der Waals surface area contributed by atoms with Crippen molar-refractivity contribution < 1.29 is 9.53 Å². The van der Waals surface area contributed by atoms with Gasteiger partial charge in [-0.15, -0.1) is 0 Å². The summed E-state index contributed by atoms with van der Waals surface area (Å²) in [5.41, 5.74) is 1.95. The molecule has 0 amide bonds. The van der Waals surface area contributed by atoms with Gasteiger partial charge in [0, 0.05) is 23.1 Å². The van der Waals surface area contributed by atoms with E-state index in [0.29, 0.717) is 13.2 Å². The van der Waals surface area contributed by atoms with E-state index in [1.807, 2.05) is 42.5 Å². The molecule has 3 nitrogen and oxygen atoms in total. The van der Waals surface area contributed by atoms with Gasteiger partial charge in [-0.2, -0.15) is 0 Å². The summed E-state index contributed by atoms with van der Waals surface area (Å²) in [4.78, 5) is 15.3. The Morgan fingerprint density at radius 1 is 1.04 bits per heavy atom. The van der Waals surface area contributed by atoms with Gasteiger partial charge < -0.3 is 4.74 Å².